The third kappa shape index (κ3) is 5.92. The molecule has 8 heteroatoms. The largest absolute Gasteiger partial charge is 0.338 e. The second-order valence-corrected chi connectivity index (χ2v) is 10.1. The van der Waals surface area contributed by atoms with Gasteiger partial charge in [0.1, 0.15) is 16.5 Å². The number of carbonyl (C=O) groups is 1. The Hall–Kier alpha value is -2.32. The number of carbonyl (C=O) groups excluding carboxylic acids is 1. The summed E-state index contributed by atoms with van der Waals surface area (Å²) in [7, 11) is -3.93. The molecule has 2 aromatic carbocycles. The van der Waals surface area contributed by atoms with Crippen LogP contribution in [0.15, 0.2) is 53.4 Å². The molecule has 0 aromatic heterocycles. The topological polar surface area (TPSA) is 57.7 Å². The quantitative estimate of drug-likeness (QED) is 0.510. The van der Waals surface area contributed by atoms with E-state index in [1.807, 2.05) is 0 Å². The summed E-state index contributed by atoms with van der Waals surface area (Å²) in [4.78, 5) is 14.7. The van der Waals surface area contributed by atoms with E-state index in [0.29, 0.717) is 25.9 Å². The Morgan fingerprint density at radius 2 is 1.69 bits per heavy atom. The van der Waals surface area contributed by atoms with Crippen molar-refractivity contribution in [2.45, 2.75) is 50.5 Å². The number of nitrogens with zero attached hydrogens (tertiary/aromatic N) is 2. The summed E-state index contributed by atoms with van der Waals surface area (Å²) in [5.41, 5.74) is 0.857. The highest BCUT2D eigenvalue weighted by atomic mass is 32.2. The monoisotopic (exact) mass is 464 g/mol. The lowest BCUT2D eigenvalue weighted by Crippen LogP contribution is -2.44. The lowest BCUT2D eigenvalue weighted by Gasteiger charge is -2.34. The number of hydrogen-bond acceptors (Lipinski definition) is 3. The minimum atomic E-state index is -3.93. The van der Waals surface area contributed by atoms with E-state index in [2.05, 4.69) is 6.92 Å². The van der Waals surface area contributed by atoms with Crippen LogP contribution >= 0.6 is 0 Å². The highest BCUT2D eigenvalue weighted by Gasteiger charge is 2.34. The molecular weight excluding hydrogens is 434 g/mol. The molecule has 0 radical (unpaired) electrons. The average molecular weight is 465 g/mol. The summed E-state index contributed by atoms with van der Waals surface area (Å²) in [6.45, 7) is 3.45. The second-order valence-electron chi connectivity index (χ2n) is 8.20. The number of amides is 1. The van der Waals surface area contributed by atoms with Crippen molar-refractivity contribution in [2.24, 2.45) is 5.92 Å². The van der Waals surface area contributed by atoms with Gasteiger partial charge in [-0.25, -0.2) is 17.2 Å². The normalized spacial score (nSPS) is 15.6. The summed E-state index contributed by atoms with van der Waals surface area (Å²) in [5, 5.41) is 0. The number of unbranched alkanes of at least 4 members (excludes halogenated alkanes) is 2. The molecule has 5 nitrogen and oxygen atoms in total. The predicted molar refractivity (Wildman–Crippen MR) is 119 cm³/mol. The van der Waals surface area contributed by atoms with Crippen LogP contribution in [0.3, 0.4) is 0 Å². The van der Waals surface area contributed by atoms with Gasteiger partial charge in [0.25, 0.3) is 0 Å². The number of sulfonamides is 1. The number of hydrogen-bond donors (Lipinski definition) is 0. The van der Waals surface area contributed by atoms with Crippen molar-refractivity contribution in [1.82, 2.24) is 9.21 Å². The molecule has 1 saturated heterocycles. The molecule has 1 amide bonds. The summed E-state index contributed by atoms with van der Waals surface area (Å²) in [6, 6.07) is 11.5. The molecule has 0 atom stereocenters. The van der Waals surface area contributed by atoms with Crippen LogP contribution in [0.1, 0.15) is 44.6 Å². The molecule has 1 heterocycles. The van der Waals surface area contributed by atoms with Crippen LogP contribution in [-0.4, -0.2) is 43.2 Å². The van der Waals surface area contributed by atoms with Crippen LogP contribution in [0.4, 0.5) is 8.78 Å². The fourth-order valence-corrected chi connectivity index (χ4v) is 5.56. The Morgan fingerprint density at radius 3 is 2.31 bits per heavy atom. The van der Waals surface area contributed by atoms with E-state index in [0.717, 1.165) is 30.9 Å². The fraction of sp³-hybridized carbons (Fsp3) is 0.458. The minimum absolute atomic E-state index is 0.00614. The van der Waals surface area contributed by atoms with E-state index >= 15 is 0 Å². The fourth-order valence-electron chi connectivity index (χ4n) is 4.02. The maximum absolute atomic E-state index is 14.0. The van der Waals surface area contributed by atoms with Gasteiger partial charge in [-0.05, 0) is 49.1 Å². The van der Waals surface area contributed by atoms with Gasteiger partial charge < -0.3 is 4.90 Å². The molecule has 1 aliphatic heterocycles. The first-order valence-electron chi connectivity index (χ1n) is 11.1. The van der Waals surface area contributed by atoms with Crippen molar-refractivity contribution in [1.29, 1.82) is 0 Å². The van der Waals surface area contributed by atoms with Crippen molar-refractivity contribution in [2.75, 3.05) is 19.6 Å². The molecule has 0 unspecified atom stereocenters. The number of benzene rings is 2. The first-order chi connectivity index (χ1) is 15.3. The minimum Gasteiger partial charge on any atom is -0.338 e. The number of rotatable bonds is 9. The van der Waals surface area contributed by atoms with E-state index in [-0.39, 0.29) is 35.6 Å². The van der Waals surface area contributed by atoms with Crippen LogP contribution in [0, 0.1) is 17.6 Å². The average Bonchev–Trinajstić information content (AvgIpc) is 2.79. The number of halogens is 2. The maximum Gasteiger partial charge on any atom is 0.245 e. The van der Waals surface area contributed by atoms with Crippen molar-refractivity contribution in [3.8, 4) is 0 Å². The van der Waals surface area contributed by atoms with E-state index in [9.17, 15) is 22.0 Å². The van der Waals surface area contributed by atoms with Gasteiger partial charge in [-0.15, -0.1) is 0 Å². The lowest BCUT2D eigenvalue weighted by molar-refractivity contribution is -0.137. The van der Waals surface area contributed by atoms with Crippen molar-refractivity contribution in [3.63, 3.8) is 0 Å². The first kappa shape index (κ1) is 24.3. The van der Waals surface area contributed by atoms with Crippen molar-refractivity contribution >= 4 is 15.9 Å². The second kappa shape index (κ2) is 11.0. The molecule has 2 aromatic rings. The third-order valence-electron chi connectivity index (χ3n) is 5.89. The molecule has 0 N–H and O–H groups in total. The SMILES string of the molecule is CCCCCN(Cc1ccc(F)cc1)C(=O)C1CCN(S(=O)(=O)c2ccccc2F)CC1. The van der Waals surface area contributed by atoms with Crippen molar-refractivity contribution in [3.05, 3.63) is 65.7 Å². The van der Waals surface area contributed by atoms with Gasteiger partial charge in [0.05, 0.1) is 0 Å². The van der Waals surface area contributed by atoms with E-state index in [1.54, 1.807) is 17.0 Å². The summed E-state index contributed by atoms with van der Waals surface area (Å²) >= 11 is 0. The zero-order valence-corrected chi connectivity index (χ0v) is 19.2. The molecule has 0 aliphatic carbocycles. The summed E-state index contributed by atoms with van der Waals surface area (Å²) < 4.78 is 54.2. The molecular formula is C24H30F2N2O3S. The molecule has 0 bridgehead atoms. The Morgan fingerprint density at radius 1 is 1.03 bits per heavy atom. The van der Waals surface area contributed by atoms with Crippen LogP contribution in [0.5, 0.6) is 0 Å². The molecule has 174 valence electrons. The standard InChI is InChI=1S/C24H30F2N2O3S/c1-2-3-6-15-27(18-19-9-11-21(25)12-10-19)24(29)20-13-16-28(17-14-20)32(30,31)23-8-5-4-7-22(23)26/h4-5,7-12,20H,2-3,6,13-18H2,1H3. The highest BCUT2D eigenvalue weighted by Crippen LogP contribution is 2.27. The van der Waals surface area contributed by atoms with Gasteiger partial charge in [-0.1, -0.05) is 44.0 Å². The van der Waals surface area contributed by atoms with Crippen molar-refractivity contribution < 1.29 is 22.0 Å². The first-order valence-corrected chi connectivity index (χ1v) is 12.5. The molecule has 32 heavy (non-hydrogen) atoms. The van der Waals surface area contributed by atoms with Crippen LogP contribution < -0.4 is 0 Å². The Bertz CT molecular complexity index is 1000. The zero-order chi connectivity index (χ0) is 23.1. The number of piperidine rings is 1. The molecule has 1 aliphatic rings. The van der Waals surface area contributed by atoms with Gasteiger partial charge in [0, 0.05) is 32.1 Å². The summed E-state index contributed by atoms with van der Waals surface area (Å²) in [5.74, 6) is -1.38. The maximum atomic E-state index is 14.0. The summed E-state index contributed by atoms with van der Waals surface area (Å²) in [6.07, 6.45) is 3.70. The molecule has 0 saturated carbocycles. The van der Waals surface area contributed by atoms with Gasteiger partial charge in [-0.2, -0.15) is 4.31 Å². The third-order valence-corrected chi connectivity index (χ3v) is 7.82. The van der Waals surface area contributed by atoms with E-state index in [4.69, 9.17) is 0 Å². The van der Waals surface area contributed by atoms with E-state index in [1.165, 1.54) is 34.6 Å². The predicted octanol–water partition coefficient (Wildman–Crippen LogP) is 4.58. The van der Waals surface area contributed by atoms with Gasteiger partial charge in [-0.3, -0.25) is 4.79 Å². The van der Waals surface area contributed by atoms with Crippen LogP contribution in [-0.2, 0) is 21.4 Å². The Balaban J connectivity index is 1.66. The Kier molecular flexibility index (Phi) is 8.37. The Labute approximate surface area is 189 Å². The molecule has 1 fully saturated rings. The van der Waals surface area contributed by atoms with Gasteiger partial charge >= 0.3 is 0 Å². The zero-order valence-electron chi connectivity index (χ0n) is 18.3. The van der Waals surface area contributed by atoms with Gasteiger partial charge in [0.15, 0.2) is 0 Å². The molecule has 3 rings (SSSR count). The lowest BCUT2D eigenvalue weighted by atomic mass is 9.96. The van der Waals surface area contributed by atoms with E-state index < -0.39 is 15.8 Å². The van der Waals surface area contributed by atoms with Gasteiger partial charge in [0.2, 0.25) is 15.9 Å². The highest BCUT2D eigenvalue weighted by molar-refractivity contribution is 7.89. The van der Waals surface area contributed by atoms with Crippen LogP contribution in [0.2, 0.25) is 0 Å². The molecule has 0 spiro atoms. The van der Waals surface area contributed by atoms with Crippen LogP contribution in [0.25, 0.3) is 0 Å². The smallest absolute Gasteiger partial charge is 0.245 e.